The van der Waals surface area contributed by atoms with E-state index in [0.717, 1.165) is 21.6 Å². The molecule has 0 fully saturated rings. The molecule has 8 heteroatoms. The molecule has 2 heterocycles. The van der Waals surface area contributed by atoms with Gasteiger partial charge in [-0.1, -0.05) is 65.9 Å². The molecule has 1 aromatic heterocycles. The van der Waals surface area contributed by atoms with Gasteiger partial charge >= 0.3 is 5.97 Å². The predicted octanol–water partition coefficient (Wildman–Crippen LogP) is 4.67. The second-order valence-electron chi connectivity index (χ2n) is 8.48. The normalized spacial score (nSPS) is 15.1. The number of carbonyl (C=O) groups excluding carboxylic acids is 1. The van der Waals surface area contributed by atoms with Crippen molar-refractivity contribution in [3.63, 3.8) is 0 Å². The van der Waals surface area contributed by atoms with Gasteiger partial charge in [0.15, 0.2) is 4.80 Å². The number of esters is 1. The monoisotopic (exact) mass is 542 g/mol. The Hall–Kier alpha value is -3.88. The Labute approximate surface area is 228 Å². The molecule has 0 saturated heterocycles. The van der Waals surface area contributed by atoms with Crippen molar-refractivity contribution in [2.45, 2.75) is 17.9 Å². The van der Waals surface area contributed by atoms with Crippen molar-refractivity contribution in [3.8, 4) is 5.75 Å². The summed E-state index contributed by atoms with van der Waals surface area (Å²) < 4.78 is 13.0. The number of ether oxygens (including phenoxy) is 2. The Morgan fingerprint density at radius 2 is 1.84 bits per heavy atom. The largest absolute Gasteiger partial charge is 0.497 e. The fourth-order valence-electron chi connectivity index (χ4n) is 4.42. The zero-order valence-electron chi connectivity index (χ0n) is 21.2. The number of rotatable bonds is 7. The highest BCUT2D eigenvalue weighted by Crippen LogP contribution is 2.35. The molecule has 38 heavy (non-hydrogen) atoms. The van der Waals surface area contributed by atoms with Crippen molar-refractivity contribution < 1.29 is 14.3 Å². The molecule has 0 unspecified atom stereocenters. The Morgan fingerprint density at radius 3 is 2.53 bits per heavy atom. The first-order valence-electron chi connectivity index (χ1n) is 12.1. The number of benzene rings is 3. The van der Waals surface area contributed by atoms with Crippen LogP contribution in [0.2, 0.25) is 0 Å². The summed E-state index contributed by atoms with van der Waals surface area (Å²) in [6, 6.07) is 24.3. The van der Waals surface area contributed by atoms with Gasteiger partial charge in [0, 0.05) is 10.5 Å². The molecule has 6 nitrogen and oxygen atoms in total. The Morgan fingerprint density at radius 1 is 1.08 bits per heavy atom. The number of thiazole rings is 1. The van der Waals surface area contributed by atoms with Crippen molar-refractivity contribution >= 4 is 40.8 Å². The van der Waals surface area contributed by atoms with Gasteiger partial charge in [-0.25, -0.2) is 9.79 Å². The van der Waals surface area contributed by atoms with Crippen LogP contribution in [-0.2, 0) is 9.53 Å². The van der Waals surface area contributed by atoms with Crippen molar-refractivity contribution in [1.82, 2.24) is 4.57 Å². The molecule has 0 bridgehead atoms. The van der Waals surface area contributed by atoms with Crippen LogP contribution in [0.5, 0.6) is 5.75 Å². The molecular weight excluding hydrogens is 516 g/mol. The highest BCUT2D eigenvalue weighted by atomic mass is 32.2. The Balaban J connectivity index is 1.81. The van der Waals surface area contributed by atoms with Gasteiger partial charge in [-0.3, -0.25) is 9.36 Å². The SMILES string of the molecule is CCOC(=O)C1=C(c2ccccc2)N=c2s/c(=C/c3cccc(OC)c3)c(=O)n2[C@@H]1c1ccc(SC)cc1. The molecule has 0 aliphatic carbocycles. The van der Waals surface area contributed by atoms with Gasteiger partial charge in [0.25, 0.3) is 5.56 Å². The predicted molar refractivity (Wildman–Crippen MR) is 152 cm³/mol. The van der Waals surface area contributed by atoms with Crippen LogP contribution < -0.4 is 19.6 Å². The van der Waals surface area contributed by atoms with Crippen LogP contribution in [0.25, 0.3) is 11.8 Å². The van der Waals surface area contributed by atoms with Gasteiger partial charge in [-0.05, 0) is 54.6 Å². The summed E-state index contributed by atoms with van der Waals surface area (Å²) in [7, 11) is 1.61. The molecule has 1 atom stereocenters. The molecule has 0 amide bonds. The smallest absolute Gasteiger partial charge is 0.338 e. The van der Waals surface area contributed by atoms with Gasteiger partial charge in [0.05, 0.1) is 35.6 Å². The summed E-state index contributed by atoms with van der Waals surface area (Å²) in [6.45, 7) is 1.98. The van der Waals surface area contributed by atoms with Crippen LogP contribution in [0.3, 0.4) is 0 Å². The average molecular weight is 543 g/mol. The maximum absolute atomic E-state index is 13.9. The molecule has 1 aliphatic rings. The molecule has 0 saturated carbocycles. The van der Waals surface area contributed by atoms with Crippen LogP contribution in [0, 0.1) is 0 Å². The Bertz CT molecular complexity index is 1690. The molecule has 4 aromatic rings. The fourth-order valence-corrected chi connectivity index (χ4v) is 5.83. The number of fused-ring (bicyclic) bond motifs is 1. The molecule has 0 N–H and O–H groups in total. The molecule has 192 valence electrons. The van der Waals surface area contributed by atoms with Crippen molar-refractivity contribution in [2.24, 2.45) is 4.99 Å². The van der Waals surface area contributed by atoms with Crippen LogP contribution in [0.15, 0.2) is 99.1 Å². The topological polar surface area (TPSA) is 69.9 Å². The minimum absolute atomic E-state index is 0.211. The fraction of sp³-hybridized carbons (Fsp3) is 0.167. The van der Waals surface area contributed by atoms with E-state index < -0.39 is 12.0 Å². The lowest BCUT2D eigenvalue weighted by atomic mass is 9.93. The van der Waals surface area contributed by atoms with Gasteiger partial charge in [0.1, 0.15) is 5.75 Å². The van der Waals surface area contributed by atoms with Gasteiger partial charge < -0.3 is 9.47 Å². The number of nitrogens with zero attached hydrogens (tertiary/aromatic N) is 2. The minimum atomic E-state index is -0.691. The molecule has 0 radical (unpaired) electrons. The standard InChI is InChI=1S/C30H26N2O4S2/c1-4-36-29(34)25-26(20-10-6-5-7-11-20)31-30-32(27(25)21-13-15-23(37-3)16-14-21)28(33)24(38-30)18-19-9-8-12-22(17-19)35-2/h5-18,27H,4H2,1-3H3/b24-18+/t27-/m1/s1. The van der Waals surface area contributed by atoms with E-state index in [4.69, 9.17) is 14.5 Å². The third-order valence-corrected chi connectivity index (χ3v) is 7.92. The van der Waals surface area contributed by atoms with E-state index in [1.807, 2.05) is 91.2 Å². The first-order chi connectivity index (χ1) is 18.5. The zero-order valence-corrected chi connectivity index (χ0v) is 22.8. The molecule has 1 aliphatic heterocycles. The van der Waals surface area contributed by atoms with E-state index in [1.165, 1.54) is 11.3 Å². The molecule has 3 aromatic carbocycles. The minimum Gasteiger partial charge on any atom is -0.497 e. The summed E-state index contributed by atoms with van der Waals surface area (Å²) in [5.41, 5.74) is 3.07. The summed E-state index contributed by atoms with van der Waals surface area (Å²) in [4.78, 5) is 33.9. The second kappa shape index (κ2) is 11.2. The number of hydrogen-bond donors (Lipinski definition) is 0. The Kier molecular flexibility index (Phi) is 7.62. The van der Waals surface area contributed by atoms with Crippen LogP contribution in [0.1, 0.15) is 29.7 Å². The number of hydrogen-bond acceptors (Lipinski definition) is 7. The van der Waals surface area contributed by atoms with Gasteiger partial charge in [-0.2, -0.15) is 0 Å². The number of aromatic nitrogens is 1. The third kappa shape index (κ3) is 4.97. The van der Waals surface area contributed by atoms with E-state index in [-0.39, 0.29) is 12.2 Å². The van der Waals surface area contributed by atoms with E-state index in [0.29, 0.717) is 26.4 Å². The van der Waals surface area contributed by atoms with Gasteiger partial charge in [0.2, 0.25) is 0 Å². The summed E-state index contributed by atoms with van der Waals surface area (Å²) in [5.74, 6) is 0.213. The molecule has 0 spiro atoms. The third-order valence-electron chi connectivity index (χ3n) is 6.20. The number of thioether (sulfide) groups is 1. The molecular formula is C30H26N2O4S2. The van der Waals surface area contributed by atoms with E-state index in [1.54, 1.807) is 30.4 Å². The van der Waals surface area contributed by atoms with Crippen LogP contribution in [0.4, 0.5) is 0 Å². The second-order valence-corrected chi connectivity index (χ2v) is 10.4. The average Bonchev–Trinajstić information content (AvgIpc) is 3.27. The summed E-state index contributed by atoms with van der Waals surface area (Å²) in [5, 5.41) is 0. The van der Waals surface area contributed by atoms with Crippen LogP contribution in [-0.4, -0.2) is 30.5 Å². The number of methoxy groups -OCH3 is 1. The number of carbonyl (C=O) groups is 1. The highest BCUT2D eigenvalue weighted by molar-refractivity contribution is 7.98. The summed E-state index contributed by atoms with van der Waals surface area (Å²) >= 11 is 2.93. The molecule has 5 rings (SSSR count). The zero-order chi connectivity index (χ0) is 26.6. The maximum atomic E-state index is 13.9. The lowest BCUT2D eigenvalue weighted by molar-refractivity contribution is -0.138. The first kappa shape index (κ1) is 25.8. The summed E-state index contributed by atoms with van der Waals surface area (Å²) in [6.07, 6.45) is 3.84. The highest BCUT2D eigenvalue weighted by Gasteiger charge is 2.35. The van der Waals surface area contributed by atoms with Crippen LogP contribution >= 0.6 is 23.1 Å². The lowest BCUT2D eigenvalue weighted by Gasteiger charge is -2.26. The van der Waals surface area contributed by atoms with E-state index >= 15 is 0 Å². The van der Waals surface area contributed by atoms with E-state index in [2.05, 4.69) is 0 Å². The maximum Gasteiger partial charge on any atom is 0.338 e. The quantitative estimate of drug-likeness (QED) is 0.251. The first-order valence-corrected chi connectivity index (χ1v) is 14.1. The lowest BCUT2D eigenvalue weighted by Crippen LogP contribution is -2.40. The van der Waals surface area contributed by atoms with Crippen molar-refractivity contribution in [1.29, 1.82) is 0 Å². The van der Waals surface area contributed by atoms with E-state index in [9.17, 15) is 9.59 Å². The van der Waals surface area contributed by atoms with Crippen molar-refractivity contribution in [3.05, 3.63) is 121 Å². The van der Waals surface area contributed by atoms with Crippen molar-refractivity contribution in [2.75, 3.05) is 20.0 Å². The van der Waals surface area contributed by atoms with Gasteiger partial charge in [-0.15, -0.1) is 11.8 Å².